The van der Waals surface area contributed by atoms with Crippen molar-refractivity contribution in [3.05, 3.63) is 56.2 Å². The van der Waals surface area contributed by atoms with E-state index in [1.54, 1.807) is 0 Å². The number of hydrogen-bond acceptors (Lipinski definition) is 2. The topological polar surface area (TPSA) is 38.3 Å². The second kappa shape index (κ2) is 8.09. The molecule has 0 fully saturated rings. The second-order valence-corrected chi connectivity index (χ2v) is 6.27. The number of alkyl halides is 2. The molecule has 1 amide bonds. The van der Waals surface area contributed by atoms with E-state index in [9.17, 15) is 18.0 Å². The van der Waals surface area contributed by atoms with Gasteiger partial charge in [0.1, 0.15) is 5.82 Å². The van der Waals surface area contributed by atoms with Gasteiger partial charge in [-0.1, -0.05) is 29.3 Å². The average Bonchev–Trinajstić information content (AvgIpc) is 2.46. The highest BCUT2D eigenvalue weighted by atomic mass is 79.9. The van der Waals surface area contributed by atoms with Gasteiger partial charge < -0.3 is 10.1 Å². The number of halogens is 6. The van der Waals surface area contributed by atoms with E-state index >= 15 is 0 Å². The molecule has 0 aliphatic carbocycles. The number of carbonyl (C=O) groups is 1. The number of benzene rings is 2. The molecular formula is C15H9BrCl2F3NO2. The summed E-state index contributed by atoms with van der Waals surface area (Å²) < 4.78 is 43.3. The number of amides is 1. The van der Waals surface area contributed by atoms with Crippen molar-refractivity contribution in [2.75, 3.05) is 5.32 Å². The van der Waals surface area contributed by atoms with E-state index < -0.39 is 18.3 Å². The molecule has 128 valence electrons. The zero-order valence-corrected chi connectivity index (χ0v) is 14.9. The lowest BCUT2D eigenvalue weighted by atomic mass is 10.1. The molecule has 0 saturated heterocycles. The predicted octanol–water partition coefficient (Wildman–Crippen LogP) is 5.68. The van der Waals surface area contributed by atoms with Gasteiger partial charge in [-0.3, -0.25) is 4.79 Å². The molecule has 0 radical (unpaired) electrons. The molecule has 24 heavy (non-hydrogen) atoms. The van der Waals surface area contributed by atoms with Crippen molar-refractivity contribution < 1.29 is 22.7 Å². The monoisotopic (exact) mass is 441 g/mol. The average molecular weight is 443 g/mol. The lowest BCUT2D eigenvalue weighted by Crippen LogP contribution is -2.17. The molecule has 0 saturated carbocycles. The number of rotatable bonds is 5. The van der Waals surface area contributed by atoms with Crippen LogP contribution in [0, 0.1) is 5.82 Å². The Balaban J connectivity index is 2.25. The van der Waals surface area contributed by atoms with Crippen LogP contribution in [0.3, 0.4) is 0 Å². The Labute approximate surface area is 153 Å². The SMILES string of the molecule is O=C(Cc1c(F)cccc1Cl)Nc1cc(Cl)cc(Br)c1OC(F)F. The van der Waals surface area contributed by atoms with Gasteiger partial charge in [-0.15, -0.1) is 0 Å². The van der Waals surface area contributed by atoms with Gasteiger partial charge in [-0.05, 0) is 40.2 Å². The molecule has 1 N–H and O–H groups in total. The van der Waals surface area contributed by atoms with Crippen molar-refractivity contribution in [3.8, 4) is 5.75 Å². The molecule has 3 nitrogen and oxygen atoms in total. The second-order valence-electron chi connectivity index (χ2n) is 4.57. The standard InChI is InChI=1S/C15H9BrCl2F3NO2/c16-9-4-7(17)5-12(14(9)24-15(20)21)22-13(23)6-8-10(18)2-1-3-11(8)19/h1-5,15H,6H2,(H,22,23). The summed E-state index contributed by atoms with van der Waals surface area (Å²) in [6.45, 7) is -3.10. The van der Waals surface area contributed by atoms with E-state index in [4.69, 9.17) is 23.2 Å². The zero-order chi connectivity index (χ0) is 17.9. The summed E-state index contributed by atoms with van der Waals surface area (Å²) in [5, 5.41) is 2.63. The van der Waals surface area contributed by atoms with Crippen LogP contribution >= 0.6 is 39.1 Å². The quantitative estimate of drug-likeness (QED) is 0.647. The normalized spacial score (nSPS) is 10.8. The van der Waals surface area contributed by atoms with Gasteiger partial charge in [-0.2, -0.15) is 8.78 Å². The van der Waals surface area contributed by atoms with Gasteiger partial charge in [0.15, 0.2) is 5.75 Å². The molecular weight excluding hydrogens is 434 g/mol. The Kier molecular flexibility index (Phi) is 6.37. The minimum Gasteiger partial charge on any atom is -0.431 e. The van der Waals surface area contributed by atoms with Gasteiger partial charge in [0.05, 0.1) is 16.6 Å². The first-order chi connectivity index (χ1) is 11.3. The third-order valence-corrected chi connectivity index (χ3v) is 4.05. The summed E-state index contributed by atoms with van der Waals surface area (Å²) in [6, 6.07) is 6.58. The van der Waals surface area contributed by atoms with E-state index in [-0.39, 0.29) is 37.9 Å². The molecule has 0 spiro atoms. The first-order valence-corrected chi connectivity index (χ1v) is 7.99. The zero-order valence-electron chi connectivity index (χ0n) is 11.8. The van der Waals surface area contributed by atoms with Crippen LogP contribution in [0.2, 0.25) is 10.0 Å². The molecule has 9 heteroatoms. The van der Waals surface area contributed by atoms with Crippen LogP contribution in [0.1, 0.15) is 5.56 Å². The lowest BCUT2D eigenvalue weighted by molar-refractivity contribution is -0.115. The van der Waals surface area contributed by atoms with Gasteiger partial charge in [0.2, 0.25) is 5.91 Å². The molecule has 0 aromatic heterocycles. The molecule has 0 aliphatic heterocycles. The van der Waals surface area contributed by atoms with Gasteiger partial charge >= 0.3 is 6.61 Å². The van der Waals surface area contributed by atoms with Crippen LogP contribution in [0.4, 0.5) is 18.9 Å². The Morgan fingerprint density at radius 3 is 2.62 bits per heavy atom. The number of anilines is 1. The first-order valence-electron chi connectivity index (χ1n) is 6.44. The first kappa shape index (κ1) is 18.9. The minimum absolute atomic E-state index is 0.00547. The van der Waals surface area contributed by atoms with E-state index in [2.05, 4.69) is 26.0 Å². The number of carbonyl (C=O) groups excluding carboxylic acids is 1. The van der Waals surface area contributed by atoms with Gasteiger partial charge in [0.25, 0.3) is 0 Å². The fourth-order valence-electron chi connectivity index (χ4n) is 1.92. The van der Waals surface area contributed by atoms with Gasteiger partial charge in [-0.25, -0.2) is 4.39 Å². The largest absolute Gasteiger partial charge is 0.431 e. The molecule has 0 unspecified atom stereocenters. The summed E-state index contributed by atoms with van der Waals surface area (Å²) in [7, 11) is 0. The maximum atomic E-state index is 13.7. The summed E-state index contributed by atoms with van der Waals surface area (Å²) in [5.74, 6) is -1.60. The molecule has 0 atom stereocenters. The maximum Gasteiger partial charge on any atom is 0.387 e. The van der Waals surface area contributed by atoms with Crippen molar-refractivity contribution in [2.24, 2.45) is 0 Å². The number of hydrogen-bond donors (Lipinski definition) is 1. The fraction of sp³-hybridized carbons (Fsp3) is 0.133. The van der Waals surface area contributed by atoms with E-state index in [0.29, 0.717) is 0 Å². The molecule has 2 aromatic rings. The minimum atomic E-state index is -3.10. The Bertz CT molecular complexity index is 754. The summed E-state index contributed by atoms with van der Waals surface area (Å²) >= 11 is 14.7. The lowest BCUT2D eigenvalue weighted by Gasteiger charge is -2.14. The Morgan fingerprint density at radius 2 is 2.00 bits per heavy atom. The van der Waals surface area contributed by atoms with Gasteiger partial charge in [0, 0.05) is 15.6 Å². The third kappa shape index (κ3) is 4.78. The molecule has 0 aliphatic rings. The van der Waals surface area contributed by atoms with E-state index in [1.165, 1.54) is 24.3 Å². The van der Waals surface area contributed by atoms with Crippen LogP contribution in [0.15, 0.2) is 34.8 Å². The molecule has 2 aromatic carbocycles. The highest BCUT2D eigenvalue weighted by molar-refractivity contribution is 9.10. The fourth-order valence-corrected chi connectivity index (χ4v) is 3.05. The van der Waals surface area contributed by atoms with E-state index in [1.807, 2.05) is 0 Å². The Hall–Kier alpha value is -1.44. The van der Waals surface area contributed by atoms with Crippen LogP contribution in [0.5, 0.6) is 5.75 Å². The van der Waals surface area contributed by atoms with E-state index in [0.717, 1.165) is 6.07 Å². The number of nitrogens with one attached hydrogen (secondary N) is 1. The smallest absolute Gasteiger partial charge is 0.387 e. The molecule has 2 rings (SSSR count). The van der Waals surface area contributed by atoms with Crippen molar-refractivity contribution in [2.45, 2.75) is 13.0 Å². The maximum absolute atomic E-state index is 13.7. The van der Waals surface area contributed by atoms with Crippen LogP contribution in [-0.4, -0.2) is 12.5 Å². The van der Waals surface area contributed by atoms with Crippen LogP contribution in [-0.2, 0) is 11.2 Å². The molecule has 0 bridgehead atoms. The van der Waals surface area contributed by atoms with Crippen molar-refractivity contribution in [1.29, 1.82) is 0 Å². The van der Waals surface area contributed by atoms with Crippen molar-refractivity contribution in [3.63, 3.8) is 0 Å². The summed E-state index contributed by atoms with van der Waals surface area (Å²) in [5.41, 5.74) is -0.0822. The highest BCUT2D eigenvalue weighted by Crippen LogP contribution is 2.37. The van der Waals surface area contributed by atoms with Crippen LogP contribution in [0.25, 0.3) is 0 Å². The highest BCUT2D eigenvalue weighted by Gasteiger charge is 2.18. The van der Waals surface area contributed by atoms with Crippen LogP contribution < -0.4 is 10.1 Å². The predicted molar refractivity (Wildman–Crippen MR) is 89.5 cm³/mol. The number of ether oxygens (including phenoxy) is 1. The summed E-state index contributed by atoms with van der Waals surface area (Å²) in [6.07, 6.45) is -0.385. The van der Waals surface area contributed by atoms with Crippen molar-refractivity contribution >= 4 is 50.7 Å². The Morgan fingerprint density at radius 1 is 1.29 bits per heavy atom. The molecule has 0 heterocycles. The van der Waals surface area contributed by atoms with Crippen molar-refractivity contribution in [1.82, 2.24) is 0 Å². The summed E-state index contributed by atoms with van der Waals surface area (Å²) in [4.78, 5) is 12.1. The third-order valence-electron chi connectivity index (χ3n) is 2.89.